The Morgan fingerprint density at radius 2 is 1.71 bits per heavy atom. The van der Waals surface area contributed by atoms with Gasteiger partial charge in [0.25, 0.3) is 0 Å². The van der Waals surface area contributed by atoms with E-state index in [4.69, 9.17) is 14.2 Å². The van der Waals surface area contributed by atoms with E-state index in [-0.39, 0.29) is 6.10 Å². The zero-order chi connectivity index (χ0) is 17.5. The van der Waals surface area contributed by atoms with Gasteiger partial charge in [0.05, 0.1) is 12.7 Å². The molecule has 0 saturated heterocycles. The normalized spacial score (nSPS) is 16.5. The van der Waals surface area contributed by atoms with Crippen molar-refractivity contribution in [3.63, 3.8) is 0 Å². The van der Waals surface area contributed by atoms with E-state index in [1.807, 2.05) is 44.2 Å². The van der Waals surface area contributed by atoms with Crippen molar-refractivity contribution < 1.29 is 19.3 Å². The average Bonchev–Trinajstić information content (AvgIpc) is 2.90. The van der Waals surface area contributed by atoms with Crippen molar-refractivity contribution >= 4 is 0 Å². The van der Waals surface area contributed by atoms with E-state index >= 15 is 0 Å². The number of methoxy groups -OCH3 is 1. The summed E-state index contributed by atoms with van der Waals surface area (Å²) in [5.74, 6) is 3.05. The summed E-state index contributed by atoms with van der Waals surface area (Å²) < 4.78 is 17.4. The topological polar surface area (TPSA) is 47.9 Å². The van der Waals surface area contributed by atoms with Crippen molar-refractivity contribution in [2.24, 2.45) is 0 Å². The van der Waals surface area contributed by atoms with Crippen LogP contribution in [0.25, 0.3) is 0 Å². The first-order valence-corrected chi connectivity index (χ1v) is 8.12. The summed E-state index contributed by atoms with van der Waals surface area (Å²) in [5, 5.41) is 10.3. The Balaban J connectivity index is 1.95. The molecule has 1 aliphatic heterocycles. The van der Waals surface area contributed by atoms with Crippen LogP contribution in [0.15, 0.2) is 30.3 Å². The maximum Gasteiger partial charge on any atom is 0.134 e. The van der Waals surface area contributed by atoms with E-state index in [1.165, 1.54) is 0 Å². The summed E-state index contributed by atoms with van der Waals surface area (Å²) in [6.07, 6.45) is 0.348. The largest absolute Gasteiger partial charge is 0.497 e. The molecule has 1 atom stereocenters. The number of fused-ring (bicyclic) bond motifs is 1. The summed E-state index contributed by atoms with van der Waals surface area (Å²) in [6.45, 7) is 7.54. The van der Waals surface area contributed by atoms with Crippen LogP contribution < -0.4 is 14.2 Å². The highest BCUT2D eigenvalue weighted by atomic mass is 16.5. The van der Waals surface area contributed by atoms with Gasteiger partial charge in [0, 0.05) is 18.1 Å². The quantitative estimate of drug-likeness (QED) is 0.915. The number of ether oxygens (including phenoxy) is 3. The van der Waals surface area contributed by atoms with Crippen molar-refractivity contribution in [1.29, 1.82) is 0 Å². The number of rotatable bonds is 4. The van der Waals surface area contributed by atoms with Gasteiger partial charge in [0.2, 0.25) is 0 Å². The summed E-state index contributed by atoms with van der Waals surface area (Å²) >= 11 is 0. The fourth-order valence-electron chi connectivity index (χ4n) is 2.94. The maximum absolute atomic E-state index is 10.3. The molecule has 2 aromatic carbocycles. The van der Waals surface area contributed by atoms with Crippen LogP contribution >= 0.6 is 0 Å². The van der Waals surface area contributed by atoms with E-state index < -0.39 is 5.60 Å². The van der Waals surface area contributed by atoms with Crippen LogP contribution in [-0.2, 0) is 6.42 Å². The summed E-state index contributed by atoms with van der Waals surface area (Å²) in [7, 11) is 1.64. The highest BCUT2D eigenvalue weighted by Gasteiger charge is 2.36. The number of hydrogen-bond donors (Lipinski definition) is 1. The van der Waals surface area contributed by atoms with E-state index in [2.05, 4.69) is 0 Å². The number of hydrogen-bond acceptors (Lipinski definition) is 4. The molecule has 1 heterocycles. The van der Waals surface area contributed by atoms with Crippen LogP contribution in [0.3, 0.4) is 0 Å². The van der Waals surface area contributed by atoms with Gasteiger partial charge in [-0.15, -0.1) is 0 Å². The molecular formula is C20H24O4. The molecule has 0 bridgehead atoms. The third-order valence-corrected chi connectivity index (χ3v) is 4.25. The highest BCUT2D eigenvalue weighted by Crippen LogP contribution is 2.41. The fourth-order valence-corrected chi connectivity index (χ4v) is 2.94. The lowest BCUT2D eigenvalue weighted by molar-refractivity contribution is -0.0229. The van der Waals surface area contributed by atoms with Crippen LogP contribution in [0, 0.1) is 13.8 Å². The van der Waals surface area contributed by atoms with Gasteiger partial charge in [-0.05, 0) is 63.1 Å². The molecule has 0 fully saturated rings. The summed E-state index contributed by atoms with van der Waals surface area (Å²) in [6, 6.07) is 9.79. The third-order valence-electron chi connectivity index (χ3n) is 4.25. The van der Waals surface area contributed by atoms with Gasteiger partial charge in [-0.3, -0.25) is 0 Å². The summed E-state index contributed by atoms with van der Waals surface area (Å²) in [5.41, 5.74) is 2.21. The molecule has 0 saturated carbocycles. The van der Waals surface area contributed by atoms with Crippen molar-refractivity contribution in [2.45, 2.75) is 45.8 Å². The number of aryl methyl sites for hydroxylation is 2. The van der Waals surface area contributed by atoms with Crippen LogP contribution in [0.2, 0.25) is 0 Å². The fraction of sp³-hybridized carbons (Fsp3) is 0.400. The van der Waals surface area contributed by atoms with E-state index in [0.717, 1.165) is 39.7 Å². The number of benzene rings is 2. The van der Waals surface area contributed by atoms with Gasteiger partial charge < -0.3 is 19.3 Å². The maximum atomic E-state index is 10.3. The van der Waals surface area contributed by atoms with Gasteiger partial charge in [0.1, 0.15) is 29.1 Å². The molecular weight excluding hydrogens is 304 g/mol. The Morgan fingerprint density at radius 1 is 1.04 bits per heavy atom. The smallest absolute Gasteiger partial charge is 0.134 e. The van der Waals surface area contributed by atoms with Gasteiger partial charge in [-0.2, -0.15) is 0 Å². The molecule has 0 amide bonds. The second kappa shape index (κ2) is 6.02. The SMILES string of the molecule is COc1cc(C)cc(Oc2cc(C)cc3c2CC(C(C)(C)O)O3)c1. The van der Waals surface area contributed by atoms with Crippen LogP contribution in [-0.4, -0.2) is 23.9 Å². The zero-order valence-corrected chi connectivity index (χ0v) is 14.8. The van der Waals surface area contributed by atoms with Gasteiger partial charge in [0.15, 0.2) is 0 Å². The van der Waals surface area contributed by atoms with Gasteiger partial charge in [-0.1, -0.05) is 0 Å². The monoisotopic (exact) mass is 328 g/mol. The van der Waals surface area contributed by atoms with E-state index in [9.17, 15) is 5.11 Å². The first kappa shape index (κ1) is 16.7. The van der Waals surface area contributed by atoms with E-state index in [0.29, 0.717) is 6.42 Å². The molecule has 1 unspecified atom stereocenters. The minimum absolute atomic E-state index is 0.274. The van der Waals surface area contributed by atoms with Crippen LogP contribution in [0.4, 0.5) is 0 Å². The molecule has 24 heavy (non-hydrogen) atoms. The average molecular weight is 328 g/mol. The molecule has 0 spiro atoms. The Hall–Kier alpha value is -2.20. The second-order valence-electron chi connectivity index (χ2n) is 6.99. The van der Waals surface area contributed by atoms with Crippen LogP contribution in [0.1, 0.15) is 30.5 Å². The standard InChI is InChI=1S/C20H24O4/c1-12-6-14(22-5)10-15(7-12)23-17-8-13(2)9-18-16(17)11-19(24-18)20(3,4)21/h6-10,19,21H,11H2,1-5H3. The molecule has 4 nitrogen and oxygen atoms in total. The lowest BCUT2D eigenvalue weighted by atomic mass is 9.96. The van der Waals surface area contributed by atoms with Crippen molar-refractivity contribution in [1.82, 2.24) is 0 Å². The lowest BCUT2D eigenvalue weighted by Gasteiger charge is -2.24. The van der Waals surface area contributed by atoms with Crippen molar-refractivity contribution in [3.05, 3.63) is 47.0 Å². The molecule has 4 heteroatoms. The molecule has 128 valence electrons. The Labute approximate surface area is 143 Å². The van der Waals surface area contributed by atoms with Crippen molar-refractivity contribution in [2.75, 3.05) is 7.11 Å². The van der Waals surface area contributed by atoms with Gasteiger partial charge >= 0.3 is 0 Å². The Bertz CT molecular complexity index is 759. The third kappa shape index (κ3) is 3.34. The lowest BCUT2D eigenvalue weighted by Crippen LogP contribution is -2.39. The van der Waals surface area contributed by atoms with Gasteiger partial charge in [-0.25, -0.2) is 0 Å². The van der Waals surface area contributed by atoms with Crippen molar-refractivity contribution in [3.8, 4) is 23.0 Å². The molecule has 0 aliphatic carbocycles. The molecule has 3 rings (SSSR count). The molecule has 1 aliphatic rings. The minimum Gasteiger partial charge on any atom is -0.497 e. The van der Waals surface area contributed by atoms with Crippen LogP contribution in [0.5, 0.6) is 23.0 Å². The molecule has 0 radical (unpaired) electrons. The second-order valence-corrected chi connectivity index (χ2v) is 6.99. The Kier molecular flexibility index (Phi) is 4.18. The highest BCUT2D eigenvalue weighted by molar-refractivity contribution is 5.53. The van der Waals surface area contributed by atoms with E-state index in [1.54, 1.807) is 21.0 Å². The first-order chi connectivity index (χ1) is 11.3. The first-order valence-electron chi connectivity index (χ1n) is 8.12. The summed E-state index contributed by atoms with van der Waals surface area (Å²) in [4.78, 5) is 0. The molecule has 1 N–H and O–H groups in total. The predicted molar refractivity (Wildman–Crippen MR) is 93.4 cm³/mol. The predicted octanol–water partition coefficient (Wildman–Crippen LogP) is 4.18. The molecule has 0 aromatic heterocycles. The number of aliphatic hydroxyl groups is 1. The molecule has 2 aromatic rings. The Morgan fingerprint density at radius 3 is 2.38 bits per heavy atom. The minimum atomic E-state index is -0.906. The zero-order valence-electron chi connectivity index (χ0n) is 14.8.